The van der Waals surface area contributed by atoms with E-state index in [1.807, 2.05) is 0 Å². The minimum absolute atomic E-state index is 0.00400. The fourth-order valence-electron chi connectivity index (χ4n) is 9.41. The van der Waals surface area contributed by atoms with Crippen LogP contribution in [0.25, 0.3) is 0 Å². The van der Waals surface area contributed by atoms with Crippen LogP contribution < -0.4 is 30.7 Å². The Bertz CT molecular complexity index is 2280. The molecule has 10 atom stereocenters. The number of aliphatic hydroxyl groups excluding tert-OH is 4. The number of urea groups is 2. The third kappa shape index (κ3) is 19.2. The highest BCUT2D eigenvalue weighted by Crippen LogP contribution is 2.37. The van der Waals surface area contributed by atoms with Crippen molar-refractivity contribution in [2.24, 2.45) is 0 Å². The molecule has 4 saturated heterocycles. The molecule has 1 aromatic rings. The van der Waals surface area contributed by atoms with Crippen LogP contribution in [0.15, 0.2) is 30.4 Å². The van der Waals surface area contributed by atoms with Crippen molar-refractivity contribution in [3.05, 3.63) is 35.9 Å². The number of fused-ring (bicyclic) bond motifs is 2. The lowest BCUT2D eigenvalue weighted by Gasteiger charge is -2.42. The van der Waals surface area contributed by atoms with Gasteiger partial charge >= 0.3 is 36.2 Å². The number of hydrogen-bond acceptors (Lipinski definition) is 20. The van der Waals surface area contributed by atoms with E-state index in [0.717, 1.165) is 4.90 Å². The van der Waals surface area contributed by atoms with Crippen LogP contribution in [0.5, 0.6) is 11.5 Å². The van der Waals surface area contributed by atoms with Crippen LogP contribution in [0.4, 0.5) is 35.9 Å². The number of imide groups is 1. The van der Waals surface area contributed by atoms with Gasteiger partial charge in [0.15, 0.2) is 11.5 Å². The normalized spacial score (nSPS) is 25.3. The Morgan fingerprint density at radius 2 is 0.902 bits per heavy atom. The molecule has 462 valence electrons. The monoisotopic (exact) mass is 1190 g/mol. The molecular weight excluding hydrogens is 1120 g/mol. The van der Waals surface area contributed by atoms with Gasteiger partial charge in [0.05, 0.1) is 110 Å². The van der Waals surface area contributed by atoms with Crippen molar-refractivity contribution in [3.63, 3.8) is 0 Å². The van der Waals surface area contributed by atoms with Crippen molar-refractivity contribution in [2.75, 3.05) is 132 Å². The fourth-order valence-corrected chi connectivity index (χ4v) is 9.41. The molecular formula is C49H69F6N7O20. The standard InChI is InChI=1S/C49H69F6N7O20/c50-48(51,52)44(69)60-9-5-31-38(60)42(67)40(65)34(81-31)26-58-46(71)56-7-11-73-13-15-75-17-19-77-21-23-79-30-2-1-29(28-62-36(63)3-4-37(62)64)25-33(30)80-24-22-78-20-18-76-16-14-74-12-8-57-47(72)59-27-35-41(66)43(68)39-32(82-35)6-10-61(39)45(70)49(53,54)55/h1-4,25,31-32,34-35,38-43,65-68H,5-24,26-28H2,(H2,56,58,71)(H2,57,59,72)/t31-,32-,34?,35?,38+,39+,40?,41?,42?,43?/m0/s1. The molecule has 0 aliphatic carbocycles. The summed E-state index contributed by atoms with van der Waals surface area (Å²) in [6.07, 6.45) is -18.8. The maximum Gasteiger partial charge on any atom is 0.471 e. The van der Waals surface area contributed by atoms with Crippen molar-refractivity contribution in [1.82, 2.24) is 36.0 Å². The number of aliphatic hydroxyl groups is 4. The third-order valence-corrected chi connectivity index (χ3v) is 13.4. The number of amides is 8. The minimum Gasteiger partial charge on any atom is -0.487 e. The Labute approximate surface area is 465 Å². The lowest BCUT2D eigenvalue weighted by atomic mass is 9.93. The zero-order valence-electron chi connectivity index (χ0n) is 44.4. The predicted octanol–water partition coefficient (Wildman–Crippen LogP) is -2.13. The predicted molar refractivity (Wildman–Crippen MR) is 264 cm³/mol. The van der Waals surface area contributed by atoms with Crippen LogP contribution in [-0.2, 0) is 63.6 Å². The van der Waals surface area contributed by atoms with E-state index < -0.39 is 109 Å². The second kappa shape index (κ2) is 31.8. The smallest absolute Gasteiger partial charge is 0.471 e. The van der Waals surface area contributed by atoms with Crippen LogP contribution in [0.2, 0.25) is 0 Å². The topological polar surface area (TPSA) is 333 Å². The summed E-state index contributed by atoms with van der Waals surface area (Å²) < 4.78 is 134. The molecule has 8 N–H and O–H groups in total. The highest BCUT2D eigenvalue weighted by molar-refractivity contribution is 6.12. The Hall–Kier alpha value is -5.72. The van der Waals surface area contributed by atoms with Crippen LogP contribution in [0.3, 0.4) is 0 Å². The zero-order valence-corrected chi connectivity index (χ0v) is 44.4. The van der Waals surface area contributed by atoms with Crippen LogP contribution in [-0.4, -0.2) is 276 Å². The van der Waals surface area contributed by atoms with Gasteiger partial charge in [0.2, 0.25) is 0 Å². The van der Waals surface area contributed by atoms with E-state index in [0.29, 0.717) is 26.9 Å². The quantitative estimate of drug-likeness (QED) is 0.0217. The molecule has 0 spiro atoms. The van der Waals surface area contributed by atoms with Crippen molar-refractivity contribution in [1.29, 1.82) is 0 Å². The number of nitrogens with one attached hydrogen (secondary N) is 4. The van der Waals surface area contributed by atoms with E-state index in [1.165, 1.54) is 12.2 Å². The van der Waals surface area contributed by atoms with Gasteiger partial charge < -0.3 is 98.9 Å². The van der Waals surface area contributed by atoms with Gasteiger partial charge in [-0.15, -0.1) is 0 Å². The Morgan fingerprint density at radius 3 is 1.30 bits per heavy atom. The molecule has 27 nitrogen and oxygen atoms in total. The van der Waals surface area contributed by atoms with Gasteiger partial charge in [-0.05, 0) is 30.5 Å². The van der Waals surface area contributed by atoms with E-state index in [2.05, 4.69) is 21.3 Å². The summed E-state index contributed by atoms with van der Waals surface area (Å²) in [4.78, 5) is 74.4. The van der Waals surface area contributed by atoms with Crippen molar-refractivity contribution in [2.45, 2.75) is 92.7 Å². The molecule has 0 radical (unpaired) electrons. The third-order valence-electron chi connectivity index (χ3n) is 13.4. The molecule has 4 fully saturated rings. The Kier molecular flexibility index (Phi) is 25.4. The number of nitrogens with zero attached hydrogens (tertiary/aromatic N) is 3. The summed E-state index contributed by atoms with van der Waals surface area (Å²) in [5.41, 5.74) is 0.602. The molecule has 33 heteroatoms. The zero-order chi connectivity index (χ0) is 59.4. The summed E-state index contributed by atoms with van der Waals surface area (Å²) in [7, 11) is 0. The Balaban J connectivity index is 0.754. The molecule has 0 aromatic heterocycles. The number of alkyl halides is 6. The minimum atomic E-state index is -5.15. The number of ether oxygens (including phenoxy) is 10. The second-order valence-electron chi connectivity index (χ2n) is 19.0. The summed E-state index contributed by atoms with van der Waals surface area (Å²) in [6, 6.07) is 0.933. The number of hydrogen-bond donors (Lipinski definition) is 8. The SMILES string of the molecule is O=C(NCCOCCOCCOCCOc1ccc(CN2C(=O)C=CC2=O)cc1OCCOCCOCCOCCNC(=O)NCC1O[C@H]2CCN(C(=O)C(F)(F)F)[C@H]2C(O)C1O)NCC1O[C@H]2CCN(C(=O)C(F)(F)F)[C@H]2C(O)C1O. The molecule has 5 aliphatic heterocycles. The maximum absolute atomic E-state index is 13.0. The van der Waals surface area contributed by atoms with E-state index in [1.54, 1.807) is 18.2 Å². The molecule has 0 saturated carbocycles. The molecule has 0 bridgehead atoms. The van der Waals surface area contributed by atoms with E-state index in [4.69, 9.17) is 47.4 Å². The maximum atomic E-state index is 13.0. The molecule has 6 rings (SSSR count). The molecule has 5 heterocycles. The van der Waals surface area contributed by atoms with Gasteiger partial charge in [-0.25, -0.2) is 9.59 Å². The highest BCUT2D eigenvalue weighted by atomic mass is 19.4. The average Bonchev–Trinajstić information content (AvgIpc) is 4.05. The average molecular weight is 1190 g/mol. The lowest BCUT2D eigenvalue weighted by molar-refractivity contribution is -0.207. The first kappa shape index (κ1) is 65.4. The summed E-state index contributed by atoms with van der Waals surface area (Å²) in [5.74, 6) is -4.45. The van der Waals surface area contributed by atoms with Gasteiger partial charge in [-0.1, -0.05) is 6.07 Å². The van der Waals surface area contributed by atoms with E-state index in [-0.39, 0.29) is 151 Å². The number of likely N-dealkylation sites (tertiary alicyclic amines) is 2. The van der Waals surface area contributed by atoms with Crippen molar-refractivity contribution in [3.8, 4) is 11.5 Å². The summed E-state index contributed by atoms with van der Waals surface area (Å²) in [6.45, 7) is 1.59. The van der Waals surface area contributed by atoms with Gasteiger partial charge in [0.25, 0.3) is 11.8 Å². The fraction of sp³-hybridized carbons (Fsp3) is 0.714. The first-order valence-corrected chi connectivity index (χ1v) is 26.4. The number of carbonyl (C=O) groups excluding carboxylic acids is 6. The van der Waals surface area contributed by atoms with Gasteiger partial charge in [0.1, 0.15) is 49.8 Å². The van der Waals surface area contributed by atoms with E-state index in [9.17, 15) is 75.5 Å². The van der Waals surface area contributed by atoms with E-state index >= 15 is 0 Å². The largest absolute Gasteiger partial charge is 0.487 e. The number of benzene rings is 1. The van der Waals surface area contributed by atoms with Crippen LogP contribution >= 0.6 is 0 Å². The van der Waals surface area contributed by atoms with Gasteiger partial charge in [0, 0.05) is 51.4 Å². The summed E-state index contributed by atoms with van der Waals surface area (Å²) in [5, 5.41) is 51.9. The van der Waals surface area contributed by atoms with Gasteiger partial charge in [-0.3, -0.25) is 24.1 Å². The van der Waals surface area contributed by atoms with Crippen molar-refractivity contribution < 1.29 is 123 Å². The second-order valence-corrected chi connectivity index (χ2v) is 19.0. The van der Waals surface area contributed by atoms with Crippen LogP contribution in [0, 0.1) is 0 Å². The van der Waals surface area contributed by atoms with Gasteiger partial charge in [-0.2, -0.15) is 26.3 Å². The lowest BCUT2D eigenvalue weighted by Crippen LogP contribution is -2.63. The molecule has 6 unspecified atom stereocenters. The Morgan fingerprint density at radius 1 is 0.524 bits per heavy atom. The molecule has 1 aromatic carbocycles. The number of rotatable bonds is 32. The molecule has 82 heavy (non-hydrogen) atoms. The first-order chi connectivity index (χ1) is 39.1. The van der Waals surface area contributed by atoms with Crippen molar-refractivity contribution >= 4 is 35.7 Å². The van der Waals surface area contributed by atoms with Crippen LogP contribution in [0.1, 0.15) is 18.4 Å². The highest BCUT2D eigenvalue weighted by Gasteiger charge is 2.57. The first-order valence-electron chi connectivity index (χ1n) is 26.4. The molecule has 5 aliphatic rings. The number of halogens is 6. The molecule has 8 amide bonds. The number of carbonyl (C=O) groups is 6. The summed E-state index contributed by atoms with van der Waals surface area (Å²) >= 11 is 0.